The summed E-state index contributed by atoms with van der Waals surface area (Å²) in [4.78, 5) is 9.37. The van der Waals surface area contributed by atoms with Crippen molar-refractivity contribution in [3.8, 4) is 22.5 Å². The zero-order valence-electron chi connectivity index (χ0n) is 19.2. The minimum absolute atomic E-state index is 0.0651. The average Bonchev–Trinajstić information content (AvgIpc) is 3.53. The van der Waals surface area contributed by atoms with Crippen LogP contribution in [0.25, 0.3) is 44.6 Å². The summed E-state index contributed by atoms with van der Waals surface area (Å²) in [5, 5.41) is 1.95. The predicted molar refractivity (Wildman–Crippen MR) is 126 cm³/mol. The molecule has 6 rings (SSSR count). The molecule has 3 heteroatoms. The van der Waals surface area contributed by atoms with E-state index in [1.54, 1.807) is 6.20 Å². The van der Waals surface area contributed by atoms with Crippen LogP contribution in [-0.4, -0.2) is 9.97 Å². The molecule has 3 nitrogen and oxygen atoms in total. The van der Waals surface area contributed by atoms with Gasteiger partial charge in [0, 0.05) is 30.8 Å². The molecule has 0 amide bonds. The molecule has 0 saturated heterocycles. The Labute approximate surface area is 184 Å². The summed E-state index contributed by atoms with van der Waals surface area (Å²) in [5.74, 6) is 0.0651. The first-order valence-electron chi connectivity index (χ1n) is 12.0. The van der Waals surface area contributed by atoms with Gasteiger partial charge in [-0.25, -0.2) is 4.98 Å². The Balaban J connectivity index is 1.46. The van der Waals surface area contributed by atoms with Crippen molar-refractivity contribution >= 4 is 22.1 Å². The summed E-state index contributed by atoms with van der Waals surface area (Å²) in [6.07, 6.45) is 4.46. The lowest BCUT2D eigenvalue weighted by atomic mass is 9.97. The molecule has 3 aromatic heterocycles. The molecule has 0 atom stereocenters. The molecule has 5 aromatic rings. The van der Waals surface area contributed by atoms with Gasteiger partial charge in [-0.15, -0.1) is 0 Å². The van der Waals surface area contributed by atoms with Crippen molar-refractivity contribution in [2.24, 2.45) is 5.92 Å². The molecule has 31 heavy (non-hydrogen) atoms. The highest BCUT2D eigenvalue weighted by Gasteiger charge is 2.17. The van der Waals surface area contributed by atoms with E-state index in [-0.39, 0.29) is 5.92 Å². The van der Waals surface area contributed by atoms with Gasteiger partial charge in [0.15, 0.2) is 0 Å². The Kier molecular flexibility index (Phi) is 4.02. The fourth-order valence-electron chi connectivity index (χ4n) is 4.62. The summed E-state index contributed by atoms with van der Waals surface area (Å²) >= 11 is 0. The number of fused-ring (bicyclic) bond motifs is 3. The number of pyridine rings is 2. The molecule has 1 aliphatic rings. The Morgan fingerprint density at radius 1 is 0.871 bits per heavy atom. The Bertz CT molecular complexity index is 1450. The fourth-order valence-corrected chi connectivity index (χ4v) is 4.62. The van der Waals surface area contributed by atoms with Gasteiger partial charge in [0.25, 0.3) is 0 Å². The molecule has 0 radical (unpaired) electrons. The molecule has 0 bridgehead atoms. The number of para-hydroxylation sites is 1. The highest BCUT2D eigenvalue weighted by atomic mass is 16.3. The quantitative estimate of drug-likeness (QED) is 0.311. The minimum Gasteiger partial charge on any atom is -0.437 e. The lowest BCUT2D eigenvalue weighted by molar-refractivity contribution is 0.546. The molecule has 152 valence electrons. The van der Waals surface area contributed by atoms with Crippen LogP contribution in [0.15, 0.2) is 83.4 Å². The van der Waals surface area contributed by atoms with Crippen LogP contribution in [0.2, 0.25) is 0 Å². The van der Waals surface area contributed by atoms with Gasteiger partial charge in [-0.2, -0.15) is 0 Å². The highest BCUT2D eigenvalue weighted by molar-refractivity contribution is 6.08. The normalized spacial score (nSPS) is 16.0. The van der Waals surface area contributed by atoms with Crippen LogP contribution >= 0.6 is 0 Å². The average molecular weight is 407 g/mol. The summed E-state index contributed by atoms with van der Waals surface area (Å²) in [6, 6.07) is 23.9. The third kappa shape index (κ3) is 3.40. The number of furan rings is 1. The van der Waals surface area contributed by atoms with Crippen molar-refractivity contribution in [1.82, 2.24) is 9.97 Å². The molecule has 2 aromatic carbocycles. The molecule has 1 aliphatic carbocycles. The SMILES string of the molecule is [2H]C([2H])(c1ccnc(-c2cccc3c2oc2nc(-c4ccccc4)ccc23)c1)C1CCCC1. The molecule has 0 spiro atoms. The van der Waals surface area contributed by atoms with Crippen molar-refractivity contribution in [3.63, 3.8) is 0 Å². The number of hydrogen-bond acceptors (Lipinski definition) is 3. The first-order chi connectivity index (χ1) is 16.1. The first kappa shape index (κ1) is 16.3. The third-order valence-corrected chi connectivity index (χ3v) is 6.20. The van der Waals surface area contributed by atoms with Gasteiger partial charge in [-0.05, 0) is 48.2 Å². The summed E-state index contributed by atoms with van der Waals surface area (Å²) in [7, 11) is 0. The van der Waals surface area contributed by atoms with Crippen molar-refractivity contribution in [2.45, 2.75) is 32.1 Å². The number of aromatic nitrogens is 2. The smallest absolute Gasteiger partial charge is 0.227 e. The molecular formula is C28H24N2O. The second kappa shape index (κ2) is 7.66. The van der Waals surface area contributed by atoms with E-state index in [0.717, 1.165) is 64.6 Å². The summed E-state index contributed by atoms with van der Waals surface area (Å²) < 4.78 is 23.9. The monoisotopic (exact) mass is 406 g/mol. The second-order valence-corrected chi connectivity index (χ2v) is 8.26. The standard InChI is InChI=1S/C28H24N2O/c1-2-9-21(10-3-1)25-14-13-23-22-11-6-12-24(27(22)31-28(23)30-25)26-18-20(15-16-29-26)17-19-7-4-5-8-19/h1-3,6,9-16,18-19H,4-5,7-8,17H2/i17D2. The van der Waals surface area contributed by atoms with Crippen LogP contribution in [0.4, 0.5) is 0 Å². The number of rotatable bonds is 4. The molecule has 1 saturated carbocycles. The molecule has 0 aliphatic heterocycles. The maximum absolute atomic E-state index is 8.79. The van der Waals surface area contributed by atoms with Gasteiger partial charge < -0.3 is 4.42 Å². The van der Waals surface area contributed by atoms with Gasteiger partial charge in [0.05, 0.1) is 11.4 Å². The first-order valence-corrected chi connectivity index (χ1v) is 11.0. The third-order valence-electron chi connectivity index (χ3n) is 6.20. The lowest BCUT2D eigenvalue weighted by Crippen LogP contribution is -1.99. The molecule has 3 heterocycles. The van der Waals surface area contributed by atoms with Crippen LogP contribution in [0.3, 0.4) is 0 Å². The zero-order chi connectivity index (χ0) is 22.4. The van der Waals surface area contributed by atoms with E-state index in [0.29, 0.717) is 11.3 Å². The van der Waals surface area contributed by atoms with E-state index >= 15 is 0 Å². The van der Waals surface area contributed by atoms with Gasteiger partial charge >= 0.3 is 0 Å². The van der Waals surface area contributed by atoms with Crippen LogP contribution in [0.5, 0.6) is 0 Å². The van der Waals surface area contributed by atoms with Crippen LogP contribution < -0.4 is 0 Å². The maximum Gasteiger partial charge on any atom is 0.227 e. The van der Waals surface area contributed by atoms with Crippen LogP contribution in [-0.2, 0) is 6.37 Å². The number of hydrogen-bond donors (Lipinski definition) is 0. The van der Waals surface area contributed by atoms with E-state index in [2.05, 4.69) is 11.1 Å². The van der Waals surface area contributed by atoms with Crippen LogP contribution in [0.1, 0.15) is 34.0 Å². The van der Waals surface area contributed by atoms with E-state index in [1.807, 2.05) is 66.7 Å². The van der Waals surface area contributed by atoms with E-state index < -0.39 is 6.37 Å². The highest BCUT2D eigenvalue weighted by Crippen LogP contribution is 2.36. The van der Waals surface area contributed by atoms with Crippen LogP contribution in [0, 0.1) is 5.92 Å². The molecular weight excluding hydrogens is 380 g/mol. The Morgan fingerprint density at radius 3 is 2.61 bits per heavy atom. The van der Waals surface area contributed by atoms with Crippen molar-refractivity contribution in [3.05, 3.63) is 84.6 Å². The lowest BCUT2D eigenvalue weighted by Gasteiger charge is -2.10. The Hall–Kier alpha value is -3.46. The number of benzene rings is 2. The summed E-state index contributed by atoms with van der Waals surface area (Å²) in [5.41, 5.74) is 5.51. The zero-order valence-corrected chi connectivity index (χ0v) is 17.2. The maximum atomic E-state index is 8.79. The number of nitrogens with zero attached hydrogens (tertiary/aromatic N) is 2. The molecule has 0 N–H and O–H groups in total. The van der Waals surface area contributed by atoms with Gasteiger partial charge in [0.2, 0.25) is 5.71 Å². The molecule has 1 fully saturated rings. The van der Waals surface area contributed by atoms with E-state index in [1.165, 1.54) is 0 Å². The van der Waals surface area contributed by atoms with Gasteiger partial charge in [0.1, 0.15) is 5.58 Å². The largest absolute Gasteiger partial charge is 0.437 e. The van der Waals surface area contributed by atoms with Gasteiger partial charge in [-0.1, -0.05) is 68.1 Å². The minimum atomic E-state index is -1.36. The fraction of sp³-hybridized carbons (Fsp3) is 0.214. The van der Waals surface area contributed by atoms with E-state index in [4.69, 9.17) is 12.1 Å². The van der Waals surface area contributed by atoms with Crippen molar-refractivity contribution in [2.75, 3.05) is 0 Å². The topological polar surface area (TPSA) is 38.9 Å². The summed E-state index contributed by atoms with van der Waals surface area (Å²) in [6.45, 7) is 0. The second-order valence-electron chi connectivity index (χ2n) is 8.26. The Morgan fingerprint density at radius 2 is 1.74 bits per heavy atom. The predicted octanol–water partition coefficient (Wildman–Crippen LogP) is 7.44. The van der Waals surface area contributed by atoms with Gasteiger partial charge in [-0.3, -0.25) is 4.98 Å². The van der Waals surface area contributed by atoms with Crippen molar-refractivity contribution < 1.29 is 7.16 Å². The van der Waals surface area contributed by atoms with Crippen molar-refractivity contribution in [1.29, 1.82) is 0 Å². The van der Waals surface area contributed by atoms with E-state index in [9.17, 15) is 0 Å². The molecule has 0 unspecified atom stereocenters.